The number of benzene rings is 1. The summed E-state index contributed by atoms with van der Waals surface area (Å²) in [5.41, 5.74) is 4.19. The van der Waals surface area contributed by atoms with E-state index in [-0.39, 0.29) is 12.0 Å². The highest BCUT2D eigenvalue weighted by molar-refractivity contribution is 5.29. The Hall–Kier alpha value is -1.61. The first-order chi connectivity index (χ1) is 7.36. The Bertz CT molecular complexity index is 420. The van der Waals surface area contributed by atoms with E-state index in [0.717, 1.165) is 6.07 Å². The molecule has 2 N–H and O–H groups in total. The molecule has 1 aromatic rings. The number of nitrogens with two attached hydrogens (primary N) is 1. The van der Waals surface area contributed by atoms with Crippen LogP contribution in [0.2, 0.25) is 0 Å². The lowest BCUT2D eigenvalue weighted by Crippen LogP contribution is -2.13. The van der Waals surface area contributed by atoms with Gasteiger partial charge in [-0.3, -0.25) is 0 Å². The molecule has 1 atom stereocenters. The number of rotatable bonds is 2. The van der Waals surface area contributed by atoms with Gasteiger partial charge in [0, 0.05) is 6.04 Å². The maximum atomic E-state index is 12.9. The van der Waals surface area contributed by atoms with Crippen molar-refractivity contribution in [2.75, 3.05) is 0 Å². The van der Waals surface area contributed by atoms with Gasteiger partial charge in [0.05, 0.1) is 18.1 Å². The second-order valence-corrected chi connectivity index (χ2v) is 3.21. The number of halogens is 4. The summed E-state index contributed by atoms with van der Waals surface area (Å²) in [6, 6.07) is 3.38. The van der Waals surface area contributed by atoms with E-state index in [1.165, 1.54) is 0 Å². The molecule has 0 radical (unpaired) electrons. The van der Waals surface area contributed by atoms with Crippen molar-refractivity contribution >= 4 is 0 Å². The fourth-order valence-corrected chi connectivity index (χ4v) is 1.21. The minimum atomic E-state index is -4.76. The molecular weight excluding hydrogens is 224 g/mol. The van der Waals surface area contributed by atoms with Gasteiger partial charge in [0.15, 0.2) is 0 Å². The summed E-state index contributed by atoms with van der Waals surface area (Å²) in [6.07, 6.45) is -4.88. The van der Waals surface area contributed by atoms with Crippen molar-refractivity contribution in [1.82, 2.24) is 0 Å². The maximum Gasteiger partial charge on any atom is 0.419 e. The molecule has 6 heteroatoms. The summed E-state index contributed by atoms with van der Waals surface area (Å²) in [5.74, 6) is -1.35. The van der Waals surface area contributed by atoms with Gasteiger partial charge < -0.3 is 5.73 Å². The molecular formula is C10H8F4N2. The quantitative estimate of drug-likeness (QED) is 0.797. The van der Waals surface area contributed by atoms with Crippen LogP contribution < -0.4 is 5.73 Å². The fourth-order valence-electron chi connectivity index (χ4n) is 1.21. The lowest BCUT2D eigenvalue weighted by atomic mass is 10.0. The predicted octanol–water partition coefficient (Wildman–Crippen LogP) is 2.76. The molecule has 16 heavy (non-hydrogen) atoms. The molecule has 2 nitrogen and oxygen atoms in total. The first-order valence-corrected chi connectivity index (χ1v) is 4.35. The number of hydrogen-bond acceptors (Lipinski definition) is 2. The predicted molar refractivity (Wildman–Crippen MR) is 48.6 cm³/mol. The second kappa shape index (κ2) is 4.49. The van der Waals surface area contributed by atoms with Crippen LogP contribution in [-0.4, -0.2) is 0 Å². The summed E-state index contributed by atoms with van der Waals surface area (Å²) in [5, 5.41) is 8.36. The van der Waals surface area contributed by atoms with E-state index in [2.05, 4.69) is 0 Å². The van der Waals surface area contributed by atoms with E-state index < -0.39 is 23.6 Å². The molecule has 0 spiro atoms. The topological polar surface area (TPSA) is 49.8 Å². The number of hydrogen-bond donors (Lipinski definition) is 1. The third-order valence-corrected chi connectivity index (χ3v) is 2.04. The Morgan fingerprint density at radius 1 is 1.38 bits per heavy atom. The molecule has 0 heterocycles. The first-order valence-electron chi connectivity index (χ1n) is 4.35. The average Bonchev–Trinajstić information content (AvgIpc) is 2.16. The molecule has 0 amide bonds. The minimum absolute atomic E-state index is 0.0928. The molecule has 1 rings (SSSR count). The van der Waals surface area contributed by atoms with Crippen molar-refractivity contribution in [3.63, 3.8) is 0 Å². The van der Waals surface area contributed by atoms with Crippen LogP contribution in [0.25, 0.3) is 0 Å². The molecule has 0 fully saturated rings. The van der Waals surface area contributed by atoms with Crippen LogP contribution >= 0.6 is 0 Å². The van der Waals surface area contributed by atoms with E-state index in [1.54, 1.807) is 6.07 Å². The van der Waals surface area contributed by atoms with Gasteiger partial charge in [-0.25, -0.2) is 4.39 Å². The Kier molecular flexibility index (Phi) is 3.50. The third kappa shape index (κ3) is 2.70. The lowest BCUT2D eigenvalue weighted by Gasteiger charge is -2.12. The van der Waals surface area contributed by atoms with E-state index in [4.69, 9.17) is 11.0 Å². The summed E-state index contributed by atoms with van der Waals surface area (Å²) in [6.45, 7) is 0. The standard InChI is InChI=1S/C10H8F4N2/c11-8-2-1-6(9(16)3-4-15)5-7(8)10(12,13)14/h1-2,5,9H,3,16H2/t9-/m0/s1. The van der Waals surface area contributed by atoms with Crippen molar-refractivity contribution in [3.05, 3.63) is 35.1 Å². The van der Waals surface area contributed by atoms with Crippen LogP contribution in [0.3, 0.4) is 0 Å². The zero-order valence-electron chi connectivity index (χ0n) is 8.05. The molecule has 1 aromatic carbocycles. The van der Waals surface area contributed by atoms with E-state index in [0.29, 0.717) is 12.1 Å². The van der Waals surface area contributed by atoms with Gasteiger partial charge in [0.1, 0.15) is 5.82 Å². The normalized spacial score (nSPS) is 13.2. The van der Waals surface area contributed by atoms with Gasteiger partial charge in [-0.1, -0.05) is 6.07 Å². The largest absolute Gasteiger partial charge is 0.419 e. The molecule has 0 saturated carbocycles. The minimum Gasteiger partial charge on any atom is -0.323 e. The Morgan fingerprint density at radius 2 is 2.00 bits per heavy atom. The van der Waals surface area contributed by atoms with Crippen LogP contribution in [0, 0.1) is 17.1 Å². The highest BCUT2D eigenvalue weighted by Gasteiger charge is 2.34. The number of alkyl halides is 3. The Morgan fingerprint density at radius 3 is 2.50 bits per heavy atom. The monoisotopic (exact) mass is 232 g/mol. The fraction of sp³-hybridized carbons (Fsp3) is 0.300. The SMILES string of the molecule is N#CC[C@H](N)c1ccc(F)c(C(F)(F)F)c1. The summed E-state index contributed by atoms with van der Waals surface area (Å²) < 4.78 is 49.9. The molecule has 0 aromatic heterocycles. The van der Waals surface area contributed by atoms with Gasteiger partial charge in [0.2, 0.25) is 0 Å². The maximum absolute atomic E-state index is 12.9. The van der Waals surface area contributed by atoms with Gasteiger partial charge in [-0.05, 0) is 17.7 Å². The van der Waals surface area contributed by atoms with E-state index in [9.17, 15) is 17.6 Å². The zero-order chi connectivity index (χ0) is 12.3. The smallest absolute Gasteiger partial charge is 0.323 e. The first kappa shape index (κ1) is 12.5. The summed E-state index contributed by atoms with van der Waals surface area (Å²) in [4.78, 5) is 0. The van der Waals surface area contributed by atoms with Crippen molar-refractivity contribution in [2.24, 2.45) is 5.73 Å². The van der Waals surface area contributed by atoms with Crippen molar-refractivity contribution in [3.8, 4) is 6.07 Å². The number of nitriles is 1. The summed E-state index contributed by atoms with van der Waals surface area (Å²) >= 11 is 0. The molecule has 0 saturated heterocycles. The van der Waals surface area contributed by atoms with Crippen molar-refractivity contribution in [1.29, 1.82) is 5.26 Å². The Labute approximate surface area is 89.3 Å². The summed E-state index contributed by atoms with van der Waals surface area (Å²) in [7, 11) is 0. The van der Waals surface area contributed by atoms with Gasteiger partial charge in [-0.2, -0.15) is 18.4 Å². The number of nitrogens with zero attached hydrogens (tertiary/aromatic N) is 1. The van der Waals surface area contributed by atoms with Crippen LogP contribution in [0.4, 0.5) is 17.6 Å². The molecule has 0 aliphatic rings. The highest BCUT2D eigenvalue weighted by Crippen LogP contribution is 2.32. The van der Waals surface area contributed by atoms with Crippen molar-refractivity contribution in [2.45, 2.75) is 18.6 Å². The van der Waals surface area contributed by atoms with Crippen molar-refractivity contribution < 1.29 is 17.6 Å². The molecule has 86 valence electrons. The van der Waals surface area contributed by atoms with Gasteiger partial charge >= 0.3 is 6.18 Å². The zero-order valence-corrected chi connectivity index (χ0v) is 8.05. The third-order valence-electron chi connectivity index (χ3n) is 2.04. The van der Waals surface area contributed by atoms with Gasteiger partial charge in [-0.15, -0.1) is 0 Å². The molecule has 0 aliphatic heterocycles. The lowest BCUT2D eigenvalue weighted by molar-refractivity contribution is -0.140. The van der Waals surface area contributed by atoms with Crippen LogP contribution in [-0.2, 0) is 6.18 Å². The highest BCUT2D eigenvalue weighted by atomic mass is 19.4. The Balaban J connectivity index is 3.13. The van der Waals surface area contributed by atoms with Crippen LogP contribution in [0.1, 0.15) is 23.6 Å². The molecule has 0 unspecified atom stereocenters. The van der Waals surface area contributed by atoms with Crippen LogP contribution in [0.5, 0.6) is 0 Å². The van der Waals surface area contributed by atoms with Gasteiger partial charge in [0.25, 0.3) is 0 Å². The van der Waals surface area contributed by atoms with Crippen LogP contribution in [0.15, 0.2) is 18.2 Å². The van der Waals surface area contributed by atoms with E-state index >= 15 is 0 Å². The van der Waals surface area contributed by atoms with E-state index in [1.807, 2.05) is 0 Å². The average molecular weight is 232 g/mol. The second-order valence-electron chi connectivity index (χ2n) is 3.21. The molecule has 0 bridgehead atoms. The molecule has 0 aliphatic carbocycles.